The lowest BCUT2D eigenvalue weighted by Gasteiger charge is -2.35. The molecular formula is C27H37N7O2. The van der Waals surface area contributed by atoms with Gasteiger partial charge in [-0.05, 0) is 47.9 Å². The first-order valence-corrected chi connectivity index (χ1v) is 12.8. The van der Waals surface area contributed by atoms with Crippen LogP contribution in [0.1, 0.15) is 49.3 Å². The number of rotatable bonds is 8. The number of fused-ring (bicyclic) bond motifs is 1. The van der Waals surface area contributed by atoms with Gasteiger partial charge in [-0.25, -0.2) is 4.79 Å². The van der Waals surface area contributed by atoms with Gasteiger partial charge in [0.2, 0.25) is 0 Å². The van der Waals surface area contributed by atoms with Crippen LogP contribution in [-0.4, -0.2) is 64.2 Å². The standard InChI is InChI=1S/C27H37N7O2/c1-17(2)13-20-14-23(26(35)34-12-11-28-24(16-34)18(3)4)32-33-25(20)31-27(36)29-10-9-19-15-30-22-8-6-5-7-21(19)22/h5-8,14-15,17-18,24,28,30H,9-13,16H2,1-4H3,(H2,29,31,33,36)/t24-/m1/s1. The fourth-order valence-corrected chi connectivity index (χ4v) is 4.61. The highest BCUT2D eigenvalue weighted by Crippen LogP contribution is 2.20. The summed E-state index contributed by atoms with van der Waals surface area (Å²) in [6, 6.07) is 9.82. The molecule has 0 unspecified atom stereocenters. The van der Waals surface area contributed by atoms with Crippen molar-refractivity contribution in [3.05, 3.63) is 53.3 Å². The summed E-state index contributed by atoms with van der Waals surface area (Å²) in [6.45, 7) is 11.0. The minimum absolute atomic E-state index is 0.116. The van der Waals surface area contributed by atoms with Crippen LogP contribution in [0.5, 0.6) is 0 Å². The number of benzene rings is 1. The molecule has 1 atom stereocenters. The molecule has 9 nitrogen and oxygen atoms in total. The van der Waals surface area contributed by atoms with E-state index in [9.17, 15) is 9.59 Å². The van der Waals surface area contributed by atoms with Crippen LogP contribution in [0.3, 0.4) is 0 Å². The number of aromatic nitrogens is 3. The van der Waals surface area contributed by atoms with Gasteiger partial charge in [-0.3, -0.25) is 10.1 Å². The van der Waals surface area contributed by atoms with Gasteiger partial charge in [-0.2, -0.15) is 0 Å². The smallest absolute Gasteiger partial charge is 0.320 e. The zero-order valence-corrected chi connectivity index (χ0v) is 21.6. The average molecular weight is 492 g/mol. The lowest BCUT2D eigenvalue weighted by molar-refractivity contribution is 0.0676. The minimum Gasteiger partial charge on any atom is -0.361 e. The Labute approximate surface area is 212 Å². The number of nitrogens with one attached hydrogen (secondary N) is 4. The molecule has 0 bridgehead atoms. The number of aromatic amines is 1. The number of hydrogen-bond acceptors (Lipinski definition) is 5. The summed E-state index contributed by atoms with van der Waals surface area (Å²) < 4.78 is 0. The van der Waals surface area contributed by atoms with E-state index < -0.39 is 0 Å². The lowest BCUT2D eigenvalue weighted by atomic mass is 10.0. The third kappa shape index (κ3) is 6.20. The Morgan fingerprint density at radius 2 is 1.94 bits per heavy atom. The normalized spacial score (nSPS) is 16.1. The summed E-state index contributed by atoms with van der Waals surface area (Å²) in [4.78, 5) is 30.9. The number of carbonyl (C=O) groups is 2. The maximum Gasteiger partial charge on any atom is 0.320 e. The van der Waals surface area contributed by atoms with Crippen LogP contribution >= 0.6 is 0 Å². The van der Waals surface area contributed by atoms with Crippen LogP contribution in [0.4, 0.5) is 10.6 Å². The van der Waals surface area contributed by atoms with Gasteiger partial charge in [-0.15, -0.1) is 10.2 Å². The summed E-state index contributed by atoms with van der Waals surface area (Å²) in [5.41, 5.74) is 3.37. The molecule has 4 rings (SSSR count). The Hall–Kier alpha value is -3.46. The van der Waals surface area contributed by atoms with E-state index in [4.69, 9.17) is 0 Å². The molecule has 0 radical (unpaired) electrons. The average Bonchev–Trinajstić information content (AvgIpc) is 3.27. The van der Waals surface area contributed by atoms with E-state index in [1.807, 2.05) is 29.3 Å². The van der Waals surface area contributed by atoms with Gasteiger partial charge in [0.25, 0.3) is 5.91 Å². The van der Waals surface area contributed by atoms with Crippen molar-refractivity contribution in [1.82, 2.24) is 30.7 Å². The highest BCUT2D eigenvalue weighted by molar-refractivity contribution is 5.94. The van der Waals surface area contributed by atoms with Gasteiger partial charge in [0.05, 0.1) is 0 Å². The molecule has 1 fully saturated rings. The predicted octanol–water partition coefficient (Wildman–Crippen LogP) is 3.59. The summed E-state index contributed by atoms with van der Waals surface area (Å²) in [5.74, 6) is 1.04. The Morgan fingerprint density at radius 3 is 2.72 bits per heavy atom. The minimum atomic E-state index is -0.338. The second kappa shape index (κ2) is 11.5. The number of H-pyrrole nitrogens is 1. The van der Waals surface area contributed by atoms with E-state index in [-0.39, 0.29) is 18.0 Å². The molecule has 3 aromatic rings. The molecule has 0 spiro atoms. The van der Waals surface area contributed by atoms with Crippen LogP contribution in [0.15, 0.2) is 36.5 Å². The van der Waals surface area contributed by atoms with Crippen molar-refractivity contribution in [2.75, 3.05) is 31.5 Å². The topological polar surface area (TPSA) is 115 Å². The Morgan fingerprint density at radius 1 is 1.14 bits per heavy atom. The molecule has 4 N–H and O–H groups in total. The third-order valence-electron chi connectivity index (χ3n) is 6.60. The van der Waals surface area contributed by atoms with E-state index in [2.05, 4.69) is 64.9 Å². The van der Waals surface area contributed by atoms with Crippen molar-refractivity contribution in [1.29, 1.82) is 0 Å². The number of piperazine rings is 1. The molecule has 1 aromatic carbocycles. The lowest BCUT2D eigenvalue weighted by Crippen LogP contribution is -2.54. The van der Waals surface area contributed by atoms with Crippen LogP contribution in [0.25, 0.3) is 10.9 Å². The van der Waals surface area contributed by atoms with E-state index in [1.165, 1.54) is 0 Å². The number of amides is 3. The maximum atomic E-state index is 13.2. The molecule has 192 valence electrons. The maximum absolute atomic E-state index is 13.2. The second-order valence-corrected chi connectivity index (χ2v) is 10.2. The predicted molar refractivity (Wildman–Crippen MR) is 142 cm³/mol. The molecule has 0 saturated carbocycles. The first-order chi connectivity index (χ1) is 17.3. The van der Waals surface area contributed by atoms with Gasteiger partial charge in [0.15, 0.2) is 11.5 Å². The fraction of sp³-hybridized carbons (Fsp3) is 0.481. The van der Waals surface area contributed by atoms with Gasteiger partial charge >= 0.3 is 6.03 Å². The number of para-hydroxylation sites is 1. The molecule has 9 heteroatoms. The van der Waals surface area contributed by atoms with Gasteiger partial charge in [0, 0.05) is 49.3 Å². The first-order valence-electron chi connectivity index (χ1n) is 12.8. The molecular weight excluding hydrogens is 454 g/mol. The summed E-state index contributed by atoms with van der Waals surface area (Å²) in [5, 5.41) is 18.8. The van der Waals surface area contributed by atoms with Gasteiger partial charge in [-0.1, -0.05) is 45.9 Å². The molecule has 1 saturated heterocycles. The summed E-state index contributed by atoms with van der Waals surface area (Å²) in [7, 11) is 0. The second-order valence-electron chi connectivity index (χ2n) is 10.2. The molecule has 1 aliphatic rings. The Bertz CT molecular complexity index is 1200. The van der Waals surface area contributed by atoms with Crippen molar-refractivity contribution in [3.8, 4) is 0 Å². The summed E-state index contributed by atoms with van der Waals surface area (Å²) >= 11 is 0. The van der Waals surface area contributed by atoms with Gasteiger partial charge in [0.1, 0.15) is 0 Å². The quantitative estimate of drug-likeness (QED) is 0.384. The number of urea groups is 1. The van der Waals surface area contributed by atoms with Crippen molar-refractivity contribution < 1.29 is 9.59 Å². The highest BCUT2D eigenvalue weighted by Gasteiger charge is 2.27. The van der Waals surface area contributed by atoms with Crippen LogP contribution in [0, 0.1) is 11.8 Å². The highest BCUT2D eigenvalue weighted by atomic mass is 16.2. The molecule has 0 aliphatic carbocycles. The van der Waals surface area contributed by atoms with Crippen LogP contribution in [-0.2, 0) is 12.8 Å². The van der Waals surface area contributed by atoms with E-state index >= 15 is 0 Å². The molecule has 36 heavy (non-hydrogen) atoms. The monoisotopic (exact) mass is 491 g/mol. The largest absolute Gasteiger partial charge is 0.361 e. The van der Waals surface area contributed by atoms with Crippen LogP contribution < -0.4 is 16.0 Å². The number of nitrogens with zero attached hydrogens (tertiary/aromatic N) is 3. The van der Waals surface area contributed by atoms with Crippen molar-refractivity contribution >= 4 is 28.7 Å². The van der Waals surface area contributed by atoms with Crippen LogP contribution in [0.2, 0.25) is 0 Å². The summed E-state index contributed by atoms with van der Waals surface area (Å²) in [6.07, 6.45) is 3.36. The first kappa shape index (κ1) is 25.6. The van der Waals surface area contributed by atoms with E-state index in [1.54, 1.807) is 6.07 Å². The van der Waals surface area contributed by atoms with Gasteiger partial charge < -0.3 is 20.5 Å². The Kier molecular flexibility index (Phi) is 8.20. The van der Waals surface area contributed by atoms with Crippen molar-refractivity contribution in [2.24, 2.45) is 11.8 Å². The third-order valence-corrected chi connectivity index (χ3v) is 6.60. The fourth-order valence-electron chi connectivity index (χ4n) is 4.61. The molecule has 1 aliphatic heterocycles. The van der Waals surface area contributed by atoms with Crippen molar-refractivity contribution in [3.63, 3.8) is 0 Å². The molecule has 3 heterocycles. The number of carbonyl (C=O) groups excluding carboxylic acids is 2. The number of anilines is 1. The van der Waals surface area contributed by atoms with E-state index in [0.717, 1.165) is 28.6 Å². The van der Waals surface area contributed by atoms with Crippen molar-refractivity contribution in [2.45, 2.75) is 46.6 Å². The molecule has 2 aromatic heterocycles. The zero-order valence-electron chi connectivity index (χ0n) is 21.6. The molecule has 3 amide bonds. The van der Waals surface area contributed by atoms with E-state index in [0.29, 0.717) is 55.8 Å². The SMILES string of the molecule is CC(C)Cc1cc(C(=O)N2CCN[C@@H](C(C)C)C2)nnc1NC(=O)NCCc1c[nH]c2ccccc12. The number of hydrogen-bond donors (Lipinski definition) is 4. The Balaban J connectivity index is 1.39. The zero-order chi connectivity index (χ0) is 25.7.